The fourth-order valence-corrected chi connectivity index (χ4v) is 5.13. The van der Waals surface area contributed by atoms with Gasteiger partial charge < -0.3 is 19.5 Å². The first-order chi connectivity index (χ1) is 17.4. The predicted molar refractivity (Wildman–Crippen MR) is 133 cm³/mol. The molecule has 1 fully saturated rings. The maximum atomic E-state index is 13.6. The van der Waals surface area contributed by atoms with E-state index in [1.54, 1.807) is 31.2 Å². The molecule has 12 heteroatoms. The van der Waals surface area contributed by atoms with Gasteiger partial charge in [0.25, 0.3) is 10.0 Å². The largest absolute Gasteiger partial charge is 0.497 e. The van der Waals surface area contributed by atoms with E-state index in [4.69, 9.17) is 25.8 Å². The average Bonchev–Trinajstić information content (AvgIpc) is 3.25. The minimum absolute atomic E-state index is 0.0248. The summed E-state index contributed by atoms with van der Waals surface area (Å²) in [5.74, 6) is 0.853. The lowest BCUT2D eigenvalue weighted by Gasteiger charge is -2.27. The fraction of sp³-hybridized carbons (Fsp3) is 0.280. The van der Waals surface area contributed by atoms with E-state index in [9.17, 15) is 21.6 Å². The third-order valence-corrected chi connectivity index (χ3v) is 7.40. The second kappa shape index (κ2) is 10.3. The maximum absolute atomic E-state index is 13.6. The quantitative estimate of drug-likeness (QED) is 0.349. The Balaban J connectivity index is 1.56. The lowest BCUT2D eigenvalue weighted by Crippen LogP contribution is -2.35. The number of methoxy groups -OCH3 is 1. The molecule has 0 aliphatic carbocycles. The lowest BCUT2D eigenvalue weighted by atomic mass is 10.1. The van der Waals surface area contributed by atoms with Gasteiger partial charge in [-0.15, -0.1) is 0 Å². The Kier molecular flexibility index (Phi) is 7.50. The van der Waals surface area contributed by atoms with E-state index < -0.39 is 33.1 Å². The lowest BCUT2D eigenvalue weighted by molar-refractivity contribution is -0.139. The highest BCUT2D eigenvalue weighted by Gasteiger charge is 2.38. The standard InChI is InChI=1S/C25H24ClF3N2O5S/c1-24(11-12-30-15-24)36-23-13-16(3-9-20(23)25(27,28)29)31-37(32,33)19-8-10-22(21(26)14-19)35-18-6-4-17(34-2)5-7-18/h3-10,13-14,30-31H,11-12,15H2,1-2H3/t24-/m1/s1. The number of ether oxygens (including phenoxy) is 3. The molecule has 3 aromatic rings. The number of benzene rings is 3. The Morgan fingerprint density at radius 3 is 2.30 bits per heavy atom. The summed E-state index contributed by atoms with van der Waals surface area (Å²) >= 11 is 6.26. The highest BCUT2D eigenvalue weighted by atomic mass is 35.5. The van der Waals surface area contributed by atoms with E-state index in [1.807, 2.05) is 0 Å². The molecule has 37 heavy (non-hydrogen) atoms. The van der Waals surface area contributed by atoms with E-state index >= 15 is 0 Å². The molecule has 1 aliphatic heterocycles. The summed E-state index contributed by atoms with van der Waals surface area (Å²) in [6, 6.07) is 13.4. The van der Waals surface area contributed by atoms with Crippen molar-refractivity contribution in [1.29, 1.82) is 0 Å². The summed E-state index contributed by atoms with van der Waals surface area (Å²) in [4.78, 5) is -0.200. The van der Waals surface area contributed by atoms with Crippen molar-refractivity contribution in [3.63, 3.8) is 0 Å². The Bertz CT molecular complexity index is 1380. The average molecular weight is 557 g/mol. The van der Waals surface area contributed by atoms with Crippen LogP contribution in [0, 0.1) is 0 Å². The van der Waals surface area contributed by atoms with E-state index in [0.717, 1.165) is 18.2 Å². The highest BCUT2D eigenvalue weighted by molar-refractivity contribution is 7.92. The van der Waals surface area contributed by atoms with Gasteiger partial charge in [-0.3, -0.25) is 4.72 Å². The van der Waals surface area contributed by atoms with Crippen molar-refractivity contribution >= 4 is 27.3 Å². The third kappa shape index (κ3) is 6.41. The Morgan fingerprint density at radius 1 is 1.00 bits per heavy atom. The zero-order valence-electron chi connectivity index (χ0n) is 19.9. The summed E-state index contributed by atoms with van der Waals surface area (Å²) in [5.41, 5.74) is -1.94. The van der Waals surface area contributed by atoms with Gasteiger partial charge in [0, 0.05) is 19.0 Å². The van der Waals surface area contributed by atoms with Crippen molar-refractivity contribution in [2.75, 3.05) is 24.9 Å². The van der Waals surface area contributed by atoms with Crippen LogP contribution in [0.1, 0.15) is 18.9 Å². The van der Waals surface area contributed by atoms with Crippen LogP contribution in [0.5, 0.6) is 23.0 Å². The number of nitrogens with one attached hydrogen (secondary N) is 2. The fourth-order valence-electron chi connectivity index (χ4n) is 3.77. The number of rotatable bonds is 8. The molecule has 0 unspecified atom stereocenters. The molecule has 0 aromatic heterocycles. The molecule has 0 radical (unpaired) electrons. The van der Waals surface area contributed by atoms with Crippen LogP contribution in [-0.2, 0) is 16.2 Å². The summed E-state index contributed by atoms with van der Waals surface area (Å²) in [6.45, 7) is 2.66. The monoisotopic (exact) mass is 556 g/mol. The van der Waals surface area contributed by atoms with E-state index in [0.29, 0.717) is 31.0 Å². The van der Waals surface area contributed by atoms with Crippen LogP contribution in [0.25, 0.3) is 0 Å². The van der Waals surface area contributed by atoms with Gasteiger partial charge in [-0.2, -0.15) is 13.2 Å². The normalized spacial score (nSPS) is 17.9. The summed E-state index contributed by atoms with van der Waals surface area (Å²) < 4.78 is 85.6. The number of halogens is 4. The molecule has 4 rings (SSSR count). The molecule has 1 saturated heterocycles. The number of hydrogen-bond donors (Lipinski definition) is 2. The van der Waals surface area contributed by atoms with Crippen LogP contribution < -0.4 is 24.2 Å². The first-order valence-electron chi connectivity index (χ1n) is 11.1. The van der Waals surface area contributed by atoms with Crippen LogP contribution >= 0.6 is 11.6 Å². The van der Waals surface area contributed by atoms with Crippen molar-refractivity contribution < 1.29 is 35.8 Å². The number of anilines is 1. The van der Waals surface area contributed by atoms with E-state index in [-0.39, 0.29) is 21.4 Å². The predicted octanol–water partition coefficient (Wildman–Crippen LogP) is 6.09. The molecule has 0 amide bonds. The minimum Gasteiger partial charge on any atom is -0.497 e. The van der Waals surface area contributed by atoms with Crippen LogP contribution in [-0.4, -0.2) is 34.2 Å². The van der Waals surface area contributed by atoms with E-state index in [2.05, 4.69) is 10.0 Å². The van der Waals surface area contributed by atoms with Gasteiger partial charge in [0.15, 0.2) is 0 Å². The second-order valence-corrected chi connectivity index (χ2v) is 10.8. The van der Waals surface area contributed by atoms with Crippen LogP contribution in [0.15, 0.2) is 65.6 Å². The molecule has 198 valence electrons. The molecular formula is C25H24ClF3N2O5S. The maximum Gasteiger partial charge on any atom is 0.419 e. The summed E-state index contributed by atoms with van der Waals surface area (Å²) in [5, 5.41) is 3.07. The van der Waals surface area contributed by atoms with Crippen molar-refractivity contribution in [3.05, 3.63) is 71.2 Å². The van der Waals surface area contributed by atoms with Crippen LogP contribution in [0.3, 0.4) is 0 Å². The van der Waals surface area contributed by atoms with Gasteiger partial charge in [0.05, 0.1) is 28.3 Å². The molecule has 1 aliphatic rings. The molecule has 0 bridgehead atoms. The van der Waals surface area contributed by atoms with Crippen molar-refractivity contribution in [3.8, 4) is 23.0 Å². The number of sulfonamides is 1. The van der Waals surface area contributed by atoms with Crippen LogP contribution in [0.4, 0.5) is 18.9 Å². The number of alkyl halides is 3. The Labute approximate surface area is 217 Å². The van der Waals surface area contributed by atoms with Gasteiger partial charge in [0.2, 0.25) is 0 Å². The summed E-state index contributed by atoms with van der Waals surface area (Å²) in [6.07, 6.45) is -4.17. The molecule has 0 spiro atoms. The van der Waals surface area contributed by atoms with Gasteiger partial charge in [0.1, 0.15) is 28.6 Å². The molecule has 1 atom stereocenters. The molecular weight excluding hydrogens is 533 g/mol. The SMILES string of the molecule is COc1ccc(Oc2ccc(S(=O)(=O)Nc3ccc(C(F)(F)F)c(O[C@]4(C)CCNC4)c3)cc2Cl)cc1. The Morgan fingerprint density at radius 2 is 1.70 bits per heavy atom. The molecule has 1 heterocycles. The number of hydrogen-bond acceptors (Lipinski definition) is 6. The van der Waals surface area contributed by atoms with Crippen LogP contribution in [0.2, 0.25) is 5.02 Å². The smallest absolute Gasteiger partial charge is 0.419 e. The first-order valence-corrected chi connectivity index (χ1v) is 13.0. The third-order valence-electron chi connectivity index (χ3n) is 5.73. The van der Waals surface area contributed by atoms with Gasteiger partial charge in [-0.25, -0.2) is 8.42 Å². The Hall–Kier alpha value is -3.15. The van der Waals surface area contributed by atoms with Gasteiger partial charge in [-0.05, 0) is 68.1 Å². The molecule has 3 aromatic carbocycles. The second-order valence-electron chi connectivity index (χ2n) is 8.66. The first kappa shape index (κ1) is 26.9. The zero-order valence-corrected chi connectivity index (χ0v) is 21.4. The molecule has 0 saturated carbocycles. The van der Waals surface area contributed by atoms with Gasteiger partial charge in [-0.1, -0.05) is 11.6 Å². The summed E-state index contributed by atoms with van der Waals surface area (Å²) in [7, 11) is -2.66. The van der Waals surface area contributed by atoms with Gasteiger partial charge >= 0.3 is 6.18 Å². The van der Waals surface area contributed by atoms with Crippen molar-refractivity contribution in [2.45, 2.75) is 30.0 Å². The topological polar surface area (TPSA) is 85.9 Å². The zero-order chi connectivity index (χ0) is 26.8. The highest BCUT2D eigenvalue weighted by Crippen LogP contribution is 2.40. The molecule has 7 nitrogen and oxygen atoms in total. The van der Waals surface area contributed by atoms with E-state index in [1.165, 1.54) is 25.3 Å². The van der Waals surface area contributed by atoms with Crippen molar-refractivity contribution in [2.24, 2.45) is 0 Å². The molecule has 2 N–H and O–H groups in total. The minimum atomic E-state index is -4.68. The van der Waals surface area contributed by atoms with Crippen molar-refractivity contribution in [1.82, 2.24) is 5.32 Å².